The standard InChI is InChI=1S/C15H22ClN3O2/c1-11-13(15(16)18(2)17-11)7-8-14(21)19-9-3-5-12(19)6-4-10-20/h7-8,12,20H,3-6,9-10H2,1-2H3. The molecule has 1 aliphatic heterocycles. The number of likely N-dealkylation sites (tertiary alicyclic amines) is 1. The van der Waals surface area contributed by atoms with Gasteiger partial charge in [-0.15, -0.1) is 0 Å². The quantitative estimate of drug-likeness (QED) is 0.848. The normalized spacial score (nSPS) is 18.9. The van der Waals surface area contributed by atoms with Crippen molar-refractivity contribution in [1.82, 2.24) is 14.7 Å². The number of aromatic nitrogens is 2. The Hall–Kier alpha value is -1.33. The zero-order chi connectivity index (χ0) is 15.4. The van der Waals surface area contributed by atoms with E-state index in [1.54, 1.807) is 23.9 Å². The van der Waals surface area contributed by atoms with Gasteiger partial charge in [-0.1, -0.05) is 11.6 Å². The summed E-state index contributed by atoms with van der Waals surface area (Å²) in [5, 5.41) is 13.7. The SMILES string of the molecule is Cc1nn(C)c(Cl)c1C=CC(=O)N1CCCC1CCCO. The van der Waals surface area contributed by atoms with Gasteiger partial charge in [0.25, 0.3) is 0 Å². The molecule has 1 amide bonds. The van der Waals surface area contributed by atoms with Crippen LogP contribution >= 0.6 is 11.6 Å². The minimum atomic E-state index is 0.00904. The van der Waals surface area contributed by atoms with Crippen LogP contribution in [0.25, 0.3) is 6.08 Å². The number of aryl methyl sites for hydroxylation is 2. The first kappa shape index (κ1) is 16.0. The number of rotatable bonds is 5. The fourth-order valence-electron chi connectivity index (χ4n) is 2.84. The molecule has 1 aliphatic rings. The van der Waals surface area contributed by atoms with Crippen LogP contribution in [-0.2, 0) is 11.8 Å². The molecule has 21 heavy (non-hydrogen) atoms. The summed E-state index contributed by atoms with van der Waals surface area (Å²) in [5.41, 5.74) is 1.60. The fourth-order valence-corrected chi connectivity index (χ4v) is 3.08. The van der Waals surface area contributed by atoms with Crippen LogP contribution in [0.15, 0.2) is 6.08 Å². The van der Waals surface area contributed by atoms with Crippen molar-refractivity contribution in [3.05, 3.63) is 22.5 Å². The Labute approximate surface area is 130 Å². The number of hydrogen-bond donors (Lipinski definition) is 1. The van der Waals surface area contributed by atoms with Gasteiger partial charge in [0.05, 0.1) is 5.69 Å². The summed E-state index contributed by atoms with van der Waals surface area (Å²) in [6.07, 6.45) is 6.98. The van der Waals surface area contributed by atoms with Gasteiger partial charge in [-0.25, -0.2) is 0 Å². The highest BCUT2D eigenvalue weighted by atomic mass is 35.5. The van der Waals surface area contributed by atoms with E-state index in [0.717, 1.165) is 43.5 Å². The van der Waals surface area contributed by atoms with Crippen molar-refractivity contribution in [2.75, 3.05) is 13.2 Å². The number of carbonyl (C=O) groups excluding carboxylic acids is 1. The lowest BCUT2D eigenvalue weighted by Crippen LogP contribution is -2.34. The summed E-state index contributed by atoms with van der Waals surface area (Å²) >= 11 is 6.15. The van der Waals surface area contributed by atoms with E-state index in [2.05, 4.69) is 5.10 Å². The Bertz CT molecular complexity index is 539. The first-order valence-electron chi connectivity index (χ1n) is 7.33. The average molecular weight is 312 g/mol. The molecule has 2 heterocycles. The van der Waals surface area contributed by atoms with Gasteiger partial charge in [0.2, 0.25) is 5.91 Å². The maximum Gasteiger partial charge on any atom is 0.246 e. The molecule has 0 aliphatic carbocycles. The molecule has 1 saturated heterocycles. The fraction of sp³-hybridized carbons (Fsp3) is 0.600. The lowest BCUT2D eigenvalue weighted by molar-refractivity contribution is -0.126. The van der Waals surface area contributed by atoms with Crippen molar-refractivity contribution in [2.24, 2.45) is 7.05 Å². The van der Waals surface area contributed by atoms with Crippen LogP contribution in [0.5, 0.6) is 0 Å². The van der Waals surface area contributed by atoms with Gasteiger partial charge in [-0.05, 0) is 38.7 Å². The monoisotopic (exact) mass is 311 g/mol. The van der Waals surface area contributed by atoms with Crippen LogP contribution in [0, 0.1) is 6.92 Å². The van der Waals surface area contributed by atoms with Crippen LogP contribution in [0.2, 0.25) is 5.15 Å². The molecule has 1 atom stereocenters. The van der Waals surface area contributed by atoms with E-state index >= 15 is 0 Å². The van der Waals surface area contributed by atoms with Crippen molar-refractivity contribution in [3.63, 3.8) is 0 Å². The molecule has 1 N–H and O–H groups in total. The molecule has 1 aromatic rings. The molecule has 1 fully saturated rings. The molecule has 1 aromatic heterocycles. The van der Waals surface area contributed by atoms with Crippen LogP contribution in [0.3, 0.4) is 0 Å². The van der Waals surface area contributed by atoms with Crippen molar-refractivity contribution in [2.45, 2.75) is 38.6 Å². The molecule has 0 aromatic carbocycles. The molecule has 0 radical (unpaired) electrons. The van der Waals surface area contributed by atoms with Gasteiger partial charge in [0, 0.05) is 37.9 Å². The second-order valence-electron chi connectivity index (χ2n) is 5.44. The van der Waals surface area contributed by atoms with Crippen LogP contribution < -0.4 is 0 Å². The Morgan fingerprint density at radius 2 is 2.33 bits per heavy atom. The highest BCUT2D eigenvalue weighted by molar-refractivity contribution is 6.31. The predicted octanol–water partition coefficient (Wildman–Crippen LogP) is 2.16. The van der Waals surface area contributed by atoms with Gasteiger partial charge in [0.1, 0.15) is 5.15 Å². The topological polar surface area (TPSA) is 58.4 Å². The Morgan fingerprint density at radius 3 is 2.95 bits per heavy atom. The van der Waals surface area contributed by atoms with Crippen LogP contribution in [0.1, 0.15) is 36.9 Å². The van der Waals surface area contributed by atoms with Gasteiger partial charge >= 0.3 is 0 Å². The molecular formula is C15H22ClN3O2. The van der Waals surface area contributed by atoms with E-state index in [9.17, 15) is 4.79 Å². The lowest BCUT2D eigenvalue weighted by atomic mass is 10.1. The van der Waals surface area contributed by atoms with Crippen LogP contribution in [-0.4, -0.2) is 44.9 Å². The van der Waals surface area contributed by atoms with E-state index < -0.39 is 0 Å². The van der Waals surface area contributed by atoms with E-state index in [4.69, 9.17) is 16.7 Å². The van der Waals surface area contributed by atoms with E-state index in [-0.39, 0.29) is 18.6 Å². The molecule has 0 bridgehead atoms. The van der Waals surface area contributed by atoms with Gasteiger partial charge < -0.3 is 10.0 Å². The Balaban J connectivity index is 2.05. The average Bonchev–Trinajstić information content (AvgIpc) is 3.01. The number of amides is 1. The van der Waals surface area contributed by atoms with E-state index in [0.29, 0.717) is 5.15 Å². The maximum atomic E-state index is 12.3. The third kappa shape index (κ3) is 3.66. The summed E-state index contributed by atoms with van der Waals surface area (Å²) in [4.78, 5) is 14.2. The molecule has 1 unspecified atom stereocenters. The second kappa shape index (κ2) is 7.09. The second-order valence-corrected chi connectivity index (χ2v) is 5.80. The van der Waals surface area contributed by atoms with Gasteiger partial charge in [0.15, 0.2) is 0 Å². The zero-order valence-corrected chi connectivity index (χ0v) is 13.3. The third-order valence-electron chi connectivity index (χ3n) is 3.94. The summed E-state index contributed by atoms with van der Waals surface area (Å²) in [5.74, 6) is 0.00904. The van der Waals surface area contributed by atoms with E-state index in [1.807, 2.05) is 11.8 Å². The zero-order valence-electron chi connectivity index (χ0n) is 12.5. The predicted molar refractivity (Wildman–Crippen MR) is 83.0 cm³/mol. The van der Waals surface area contributed by atoms with Crippen molar-refractivity contribution >= 4 is 23.6 Å². The third-order valence-corrected chi connectivity index (χ3v) is 4.39. The first-order chi connectivity index (χ1) is 10.0. The highest BCUT2D eigenvalue weighted by Crippen LogP contribution is 2.23. The number of aliphatic hydroxyl groups is 1. The minimum absolute atomic E-state index is 0.00904. The summed E-state index contributed by atoms with van der Waals surface area (Å²) < 4.78 is 1.60. The molecule has 2 rings (SSSR count). The Morgan fingerprint density at radius 1 is 1.57 bits per heavy atom. The van der Waals surface area contributed by atoms with Crippen molar-refractivity contribution in [1.29, 1.82) is 0 Å². The smallest absolute Gasteiger partial charge is 0.246 e. The largest absolute Gasteiger partial charge is 0.396 e. The molecule has 6 heteroatoms. The summed E-state index contributed by atoms with van der Waals surface area (Å²) in [6, 6.07) is 0.250. The molecule has 116 valence electrons. The van der Waals surface area contributed by atoms with Crippen molar-refractivity contribution < 1.29 is 9.90 Å². The Kier molecular flexibility index (Phi) is 5.42. The van der Waals surface area contributed by atoms with E-state index in [1.165, 1.54) is 0 Å². The summed E-state index contributed by atoms with van der Waals surface area (Å²) in [7, 11) is 1.78. The van der Waals surface area contributed by atoms with Crippen molar-refractivity contribution in [3.8, 4) is 0 Å². The molecule has 5 nitrogen and oxygen atoms in total. The molecular weight excluding hydrogens is 290 g/mol. The lowest BCUT2D eigenvalue weighted by Gasteiger charge is -2.23. The first-order valence-corrected chi connectivity index (χ1v) is 7.71. The highest BCUT2D eigenvalue weighted by Gasteiger charge is 2.26. The van der Waals surface area contributed by atoms with Crippen LogP contribution in [0.4, 0.5) is 0 Å². The number of aliphatic hydroxyl groups excluding tert-OH is 1. The summed E-state index contributed by atoms with van der Waals surface area (Å²) in [6.45, 7) is 2.84. The molecule has 0 spiro atoms. The van der Waals surface area contributed by atoms with Gasteiger partial charge in [-0.3, -0.25) is 9.48 Å². The number of nitrogens with zero attached hydrogens (tertiary/aromatic N) is 3. The molecule has 0 saturated carbocycles. The minimum Gasteiger partial charge on any atom is -0.396 e. The number of carbonyl (C=O) groups is 1. The van der Waals surface area contributed by atoms with Gasteiger partial charge in [-0.2, -0.15) is 5.10 Å². The maximum absolute atomic E-state index is 12.3. The number of halogens is 1. The number of hydrogen-bond acceptors (Lipinski definition) is 3.